The molecule has 602 valence electrons. The van der Waals surface area contributed by atoms with Gasteiger partial charge in [-0.2, -0.15) is 0 Å². The van der Waals surface area contributed by atoms with Crippen molar-refractivity contribution in [3.05, 3.63) is 170 Å². The van der Waals surface area contributed by atoms with Gasteiger partial charge in [0.2, 0.25) is 0 Å². The van der Waals surface area contributed by atoms with Crippen molar-refractivity contribution in [2.24, 2.45) is 0 Å². The highest BCUT2D eigenvalue weighted by molar-refractivity contribution is 7.47. The van der Waals surface area contributed by atoms with Gasteiger partial charge in [-0.15, -0.1) is 0 Å². The number of phosphoric ester groups is 2. The van der Waals surface area contributed by atoms with E-state index in [1.165, 1.54) is 38.5 Å². The molecule has 0 aromatic rings. The van der Waals surface area contributed by atoms with E-state index in [0.717, 1.165) is 173 Å². The first kappa shape index (κ1) is 100. The molecule has 3 N–H and O–H groups in total. The average Bonchev–Trinajstić information content (AvgIpc) is 0.909. The molecular formula is C87H142O17P2. The Hall–Kier alpha value is -5.58. The summed E-state index contributed by atoms with van der Waals surface area (Å²) < 4.78 is 68.6. The molecule has 5 unspecified atom stereocenters. The number of rotatable bonds is 74. The fraction of sp³-hybridized carbons (Fsp3) is 0.632. The molecule has 0 aliphatic heterocycles. The van der Waals surface area contributed by atoms with Crippen LogP contribution >= 0.6 is 15.6 Å². The smallest absolute Gasteiger partial charge is 0.462 e. The summed E-state index contributed by atoms with van der Waals surface area (Å²) in [6, 6.07) is 0. The molecule has 0 fully saturated rings. The normalized spacial score (nSPS) is 14.7. The minimum Gasteiger partial charge on any atom is -0.462 e. The molecule has 0 saturated heterocycles. The summed E-state index contributed by atoms with van der Waals surface area (Å²) in [6.45, 7) is 4.40. The lowest BCUT2D eigenvalue weighted by molar-refractivity contribution is -0.161. The van der Waals surface area contributed by atoms with Crippen molar-refractivity contribution in [3.63, 3.8) is 0 Å². The number of carbonyl (C=O) groups is 4. The van der Waals surface area contributed by atoms with Crippen LogP contribution in [0, 0.1) is 0 Å². The van der Waals surface area contributed by atoms with Gasteiger partial charge in [-0.3, -0.25) is 37.3 Å². The molecular weight excluding hydrogens is 1380 g/mol. The van der Waals surface area contributed by atoms with Gasteiger partial charge in [0.1, 0.15) is 19.3 Å². The van der Waals surface area contributed by atoms with E-state index >= 15 is 0 Å². The predicted octanol–water partition coefficient (Wildman–Crippen LogP) is 23.8. The molecule has 19 heteroatoms. The predicted molar refractivity (Wildman–Crippen MR) is 436 cm³/mol. The van der Waals surface area contributed by atoms with E-state index in [1.807, 2.05) is 0 Å². The van der Waals surface area contributed by atoms with E-state index in [4.69, 9.17) is 37.0 Å². The van der Waals surface area contributed by atoms with E-state index in [0.29, 0.717) is 32.1 Å². The number of aliphatic hydroxyl groups excluding tert-OH is 1. The summed E-state index contributed by atoms with van der Waals surface area (Å²) in [7, 11) is -10.0. The number of phosphoric acid groups is 2. The Bertz CT molecular complexity index is 2680. The summed E-state index contributed by atoms with van der Waals surface area (Å²) in [5.41, 5.74) is 0. The van der Waals surface area contributed by atoms with Gasteiger partial charge in [-0.25, -0.2) is 9.13 Å². The maximum atomic E-state index is 13.1. The van der Waals surface area contributed by atoms with Crippen LogP contribution in [0.2, 0.25) is 0 Å². The molecule has 0 heterocycles. The van der Waals surface area contributed by atoms with Crippen molar-refractivity contribution in [1.29, 1.82) is 0 Å². The van der Waals surface area contributed by atoms with Gasteiger partial charge in [0.15, 0.2) is 12.2 Å². The van der Waals surface area contributed by atoms with Crippen molar-refractivity contribution in [3.8, 4) is 0 Å². The largest absolute Gasteiger partial charge is 0.472 e. The van der Waals surface area contributed by atoms with Gasteiger partial charge < -0.3 is 33.8 Å². The summed E-state index contributed by atoms with van der Waals surface area (Å²) in [5, 5.41) is 10.6. The first-order chi connectivity index (χ1) is 51.7. The van der Waals surface area contributed by atoms with Crippen molar-refractivity contribution >= 4 is 39.5 Å². The maximum absolute atomic E-state index is 13.1. The van der Waals surface area contributed by atoms with Crippen molar-refractivity contribution in [1.82, 2.24) is 0 Å². The lowest BCUT2D eigenvalue weighted by Gasteiger charge is -2.21. The van der Waals surface area contributed by atoms with E-state index in [2.05, 4.69) is 198 Å². The first-order valence-electron chi connectivity index (χ1n) is 40.4. The van der Waals surface area contributed by atoms with Gasteiger partial charge in [0.05, 0.1) is 26.4 Å². The molecule has 106 heavy (non-hydrogen) atoms. The zero-order valence-corrected chi connectivity index (χ0v) is 67.6. The van der Waals surface area contributed by atoms with E-state index in [9.17, 15) is 43.2 Å². The maximum Gasteiger partial charge on any atom is 0.472 e. The fourth-order valence-corrected chi connectivity index (χ4v) is 11.7. The quantitative estimate of drug-likeness (QED) is 0.0169. The molecule has 0 bridgehead atoms. The Morgan fingerprint density at radius 2 is 0.491 bits per heavy atom. The highest BCUT2D eigenvalue weighted by Crippen LogP contribution is 2.45. The lowest BCUT2D eigenvalue weighted by Crippen LogP contribution is -2.30. The highest BCUT2D eigenvalue weighted by atomic mass is 31.2. The van der Waals surface area contributed by atoms with Crippen LogP contribution in [0.3, 0.4) is 0 Å². The third-order valence-corrected chi connectivity index (χ3v) is 18.1. The van der Waals surface area contributed by atoms with Crippen LogP contribution in [-0.2, 0) is 65.4 Å². The molecule has 0 aliphatic rings. The summed E-state index contributed by atoms with van der Waals surface area (Å²) >= 11 is 0. The zero-order chi connectivity index (χ0) is 77.4. The van der Waals surface area contributed by atoms with Gasteiger partial charge in [-0.1, -0.05) is 268 Å². The number of allylic oxidation sites excluding steroid dienone is 28. The number of unbranched alkanes of at least 4 members (excludes halogenated alkanes) is 20. The number of hydrogen-bond donors (Lipinski definition) is 3. The van der Waals surface area contributed by atoms with Gasteiger partial charge in [0, 0.05) is 25.7 Å². The molecule has 0 spiro atoms. The molecule has 0 aromatic carbocycles. The van der Waals surface area contributed by atoms with Crippen LogP contribution in [0.1, 0.15) is 297 Å². The monoisotopic (exact) mass is 1520 g/mol. The van der Waals surface area contributed by atoms with Gasteiger partial charge >= 0.3 is 39.5 Å². The number of hydrogen-bond acceptors (Lipinski definition) is 15. The van der Waals surface area contributed by atoms with E-state index < -0.39 is 97.5 Å². The summed E-state index contributed by atoms with van der Waals surface area (Å²) in [4.78, 5) is 73.1. The van der Waals surface area contributed by atoms with Crippen LogP contribution in [0.15, 0.2) is 170 Å². The number of esters is 4. The molecule has 17 nitrogen and oxygen atoms in total. The number of aliphatic hydroxyl groups is 1. The second kappa shape index (κ2) is 77.6. The Labute approximate surface area is 642 Å². The third kappa shape index (κ3) is 76.6. The molecule has 5 atom stereocenters. The topological polar surface area (TPSA) is 237 Å². The number of carbonyl (C=O) groups excluding carboxylic acids is 4. The van der Waals surface area contributed by atoms with Crippen LogP contribution in [-0.4, -0.2) is 96.7 Å². The van der Waals surface area contributed by atoms with E-state index in [-0.39, 0.29) is 25.7 Å². The van der Waals surface area contributed by atoms with Crippen LogP contribution in [0.25, 0.3) is 0 Å². The molecule has 0 aromatic heterocycles. The Balaban J connectivity index is 5.47. The fourth-order valence-electron chi connectivity index (χ4n) is 10.1. The highest BCUT2D eigenvalue weighted by Gasteiger charge is 2.30. The second-order valence-electron chi connectivity index (χ2n) is 26.2. The summed E-state index contributed by atoms with van der Waals surface area (Å²) in [5.74, 6) is -2.31. The van der Waals surface area contributed by atoms with E-state index in [1.54, 1.807) is 0 Å². The molecule has 0 amide bonds. The Morgan fingerprint density at radius 1 is 0.274 bits per heavy atom. The van der Waals surface area contributed by atoms with Crippen molar-refractivity contribution in [2.45, 2.75) is 316 Å². The third-order valence-electron chi connectivity index (χ3n) is 16.2. The van der Waals surface area contributed by atoms with Crippen molar-refractivity contribution in [2.75, 3.05) is 39.6 Å². The second-order valence-corrected chi connectivity index (χ2v) is 29.1. The standard InChI is InChI=1S/C87H142O17P2/c1-5-9-13-17-21-25-29-33-37-39-40-42-46-48-52-56-60-64-68-72-85(90)98-78-83(104-87(92)74-70-66-62-58-54-50-44-36-32-28-24-20-16-12-8-4)80-102-106(95,96)100-76-81(88)75-99-105(93,94)101-79-82(103-86(91)73-69-65-61-57-53-49-43-35-31-27-23-19-15-11-7-3)77-97-84(89)71-67-63-59-55-51-47-45-41-38-34-30-26-22-18-14-10-6-2/h9-11,13-15,21-23,25-27,33-38,40,42-45,47-48,52-53,57,81-83,88H,5-8,12,16-20,24,28-32,39,41,46,49-51,54-56,58-80H2,1-4H3,(H,93,94)(H,95,96)/b13-9-,14-10-,15-11-,25-21-,26-22-,27-23-,37-33-,38-34-,42-40-,43-35-,44-36-,47-45-,52-48-,57-53-. The Morgan fingerprint density at radius 3 is 0.792 bits per heavy atom. The Kier molecular flexibility index (Phi) is 73.5. The lowest BCUT2D eigenvalue weighted by atomic mass is 10.1. The van der Waals surface area contributed by atoms with Crippen LogP contribution in [0.5, 0.6) is 0 Å². The van der Waals surface area contributed by atoms with Gasteiger partial charge in [-0.05, 0) is 173 Å². The number of ether oxygens (including phenoxy) is 4. The van der Waals surface area contributed by atoms with Crippen LogP contribution < -0.4 is 0 Å². The summed E-state index contributed by atoms with van der Waals surface area (Å²) in [6.07, 6.45) is 91.9. The molecule has 0 saturated carbocycles. The average molecular weight is 1520 g/mol. The van der Waals surface area contributed by atoms with Crippen LogP contribution in [0.4, 0.5) is 0 Å². The SMILES string of the molecule is CC/C=C\C/C=C\C/C=C\C/C=C\C/C=C\CCCCCC(=O)OCC(COP(=O)(O)OCC(O)COP(=O)(O)OCC(COC(=O)CCCCCC/C=C\C/C=C\C/C=C\C/C=C\CC)OC(=O)CCCC/C=C\C/C=C\C/C=C\C/C=C\CC)OC(=O)CCCCCCC/C=C\CCCCCCCC. The minimum absolute atomic E-state index is 0.0303. The zero-order valence-electron chi connectivity index (χ0n) is 65.8. The van der Waals surface area contributed by atoms with Gasteiger partial charge in [0.25, 0.3) is 0 Å². The first-order valence-corrected chi connectivity index (χ1v) is 43.4. The minimum atomic E-state index is -5.01. The molecule has 0 aliphatic carbocycles. The van der Waals surface area contributed by atoms with Crippen molar-refractivity contribution < 1.29 is 80.2 Å². The molecule has 0 rings (SSSR count). The molecule has 0 radical (unpaired) electrons.